The standard InChI is InChI=1S/C12H16B2O4.C9H11BO2.C7H9BO2S.C6H13BO2.2C4H9BO3.C4H9BO2/c1-7-15-13(16-8-1)11-3-5-12(6-4-11)14-17-9-2-10-18-14;1-2-5-9(6-3-1)10-11-7-4-8-12-10;1-3-7(11-6-1)8-9-4-2-5-10-8;1-6(2)4-8-7(3)9-5-6;1-5-7-2-4(6)3-8-5;1-5-7-3-4(2-6)8-5;1-5-6-3-2-4-7-5/h3-6H,1-2,7-10H2;1-3,5-6H,4,7-8H2;1,3,6H,2,4-5H2;4-5H2,1-3H3;2*4,6H,2-3H2,1H3;2-4H2,1H3. The fourth-order valence-corrected chi connectivity index (χ4v) is 7.92. The Balaban J connectivity index is 0.000000162. The van der Waals surface area contributed by atoms with Crippen molar-refractivity contribution in [1.82, 2.24) is 0 Å². The van der Waals surface area contributed by atoms with E-state index in [1.807, 2.05) is 99.4 Å². The maximum Gasteiger partial charge on any atom is 0.504 e. The van der Waals surface area contributed by atoms with Gasteiger partial charge in [-0.15, -0.1) is 0 Å². The monoisotopic (exact) mass is 1040 g/mol. The lowest BCUT2D eigenvalue weighted by molar-refractivity contribution is 0.00694. The van der Waals surface area contributed by atoms with Gasteiger partial charge in [0, 0.05) is 89.5 Å². The van der Waals surface area contributed by atoms with Crippen molar-refractivity contribution in [2.45, 2.75) is 85.5 Å². The molecule has 0 saturated carbocycles. The Kier molecular flexibility index (Phi) is 30.6. The van der Waals surface area contributed by atoms with Crippen molar-refractivity contribution in [3.8, 4) is 0 Å². The molecule has 8 fully saturated rings. The van der Waals surface area contributed by atoms with Gasteiger partial charge in [0.25, 0.3) is 0 Å². The molecule has 0 amide bonds. The van der Waals surface area contributed by atoms with Crippen LogP contribution in [0.2, 0.25) is 27.3 Å². The van der Waals surface area contributed by atoms with E-state index in [0.29, 0.717) is 19.8 Å². The molecule has 0 aliphatic carbocycles. The molecule has 27 heteroatoms. The van der Waals surface area contributed by atoms with Crippen molar-refractivity contribution in [2.75, 3.05) is 106 Å². The van der Waals surface area contributed by atoms with E-state index in [0.717, 1.165) is 128 Å². The first-order valence-electron chi connectivity index (χ1n) is 25.8. The van der Waals surface area contributed by atoms with Gasteiger partial charge in [0.2, 0.25) is 0 Å². The van der Waals surface area contributed by atoms with E-state index < -0.39 is 6.10 Å². The molecule has 73 heavy (non-hydrogen) atoms. The average Bonchev–Trinajstić information content (AvgIpc) is 4.16. The molecule has 1 atom stereocenters. The minimum atomic E-state index is -0.425. The second kappa shape index (κ2) is 36.1. The number of hydrogen-bond acceptors (Lipinski definition) is 19. The van der Waals surface area contributed by atoms with Crippen molar-refractivity contribution >= 4 is 89.4 Å². The van der Waals surface area contributed by atoms with Gasteiger partial charge in [-0.1, -0.05) is 80.6 Å². The average molecular weight is 1040 g/mol. The molecule has 1 unspecified atom stereocenters. The van der Waals surface area contributed by atoms with Crippen LogP contribution in [-0.4, -0.2) is 185 Å². The minimum Gasteiger partial charge on any atom is -0.411 e. The Morgan fingerprint density at radius 3 is 1.16 bits per heavy atom. The summed E-state index contributed by atoms with van der Waals surface area (Å²) in [7, 11) is -0.914. The van der Waals surface area contributed by atoms with Crippen LogP contribution >= 0.6 is 11.3 Å². The van der Waals surface area contributed by atoms with Gasteiger partial charge in [-0.05, 0) is 81.2 Å². The van der Waals surface area contributed by atoms with Crippen LogP contribution in [0.5, 0.6) is 0 Å². The zero-order valence-corrected chi connectivity index (χ0v) is 44.7. The Hall–Kier alpha value is -2.06. The number of thiophene rings is 1. The zero-order valence-electron chi connectivity index (χ0n) is 43.9. The first-order valence-corrected chi connectivity index (χ1v) is 26.7. The third kappa shape index (κ3) is 25.8. The number of aliphatic hydroxyl groups is 2. The summed E-state index contributed by atoms with van der Waals surface area (Å²) in [5.41, 5.74) is 3.42. The molecule has 2 N–H and O–H groups in total. The highest BCUT2D eigenvalue weighted by Crippen LogP contribution is 2.21. The van der Waals surface area contributed by atoms with Crippen molar-refractivity contribution in [3.05, 3.63) is 72.1 Å². The highest BCUT2D eigenvalue weighted by Gasteiger charge is 2.30. The number of rotatable bonds is 5. The first kappa shape index (κ1) is 61.8. The van der Waals surface area contributed by atoms with E-state index in [2.05, 4.69) is 13.8 Å². The third-order valence-electron chi connectivity index (χ3n) is 11.2. The molecule has 1 aromatic heterocycles. The smallest absolute Gasteiger partial charge is 0.411 e. The molecule has 18 nitrogen and oxygen atoms in total. The second-order valence-electron chi connectivity index (χ2n) is 18.5. The van der Waals surface area contributed by atoms with Gasteiger partial charge >= 0.3 is 56.9 Å². The zero-order chi connectivity index (χ0) is 51.9. The largest absolute Gasteiger partial charge is 0.504 e. The van der Waals surface area contributed by atoms with Crippen molar-refractivity contribution < 1.29 is 84.7 Å². The van der Waals surface area contributed by atoms with Crippen LogP contribution in [0.15, 0.2) is 72.1 Å². The molecule has 9 heterocycles. The lowest BCUT2D eigenvalue weighted by atomic mass is 9.73. The van der Waals surface area contributed by atoms with Gasteiger partial charge in [-0.3, -0.25) is 0 Å². The Labute approximate surface area is 441 Å². The quantitative estimate of drug-likeness (QED) is 0.355. The fourth-order valence-electron chi connectivity index (χ4n) is 7.20. The molecule has 398 valence electrons. The van der Waals surface area contributed by atoms with Gasteiger partial charge in [-0.2, -0.15) is 11.3 Å². The van der Waals surface area contributed by atoms with E-state index >= 15 is 0 Å². The van der Waals surface area contributed by atoms with E-state index in [1.54, 1.807) is 11.3 Å². The van der Waals surface area contributed by atoms with Crippen LogP contribution in [0.4, 0.5) is 0 Å². The summed E-state index contributed by atoms with van der Waals surface area (Å²) < 4.78 is 85.6. The topological polar surface area (TPSA) is 188 Å². The molecule has 2 aromatic carbocycles. The molecule has 3 aromatic rings. The summed E-state index contributed by atoms with van der Waals surface area (Å²) >= 11 is 1.68. The maximum atomic E-state index is 8.78. The van der Waals surface area contributed by atoms with Crippen LogP contribution in [0.3, 0.4) is 0 Å². The van der Waals surface area contributed by atoms with Crippen molar-refractivity contribution in [2.24, 2.45) is 5.41 Å². The maximum absolute atomic E-state index is 8.78. The van der Waals surface area contributed by atoms with Crippen molar-refractivity contribution in [3.63, 3.8) is 0 Å². The number of hydrogen-bond donors (Lipinski definition) is 2. The molecule has 8 aliphatic heterocycles. The SMILES string of the molecule is CB1OCC(C)(C)CO1.CB1OCC(CO)O1.CB1OCC(O)CO1.CB1OCCCO1.c1cc(B2OCCCO2)ccc1B1OCCCO1.c1ccc(B2OCCCO2)cc1.c1csc(B2OCCCO2)c1. The predicted octanol–water partition coefficient (Wildman–Crippen LogP) is 2.39. The van der Waals surface area contributed by atoms with Gasteiger partial charge in [0.05, 0.1) is 38.6 Å². The molecular formula is C46H76B8O18S. The Morgan fingerprint density at radius 2 is 0.836 bits per heavy atom. The first-order chi connectivity index (χ1) is 35.5. The predicted molar refractivity (Wildman–Crippen MR) is 289 cm³/mol. The van der Waals surface area contributed by atoms with Gasteiger partial charge in [-0.25, -0.2) is 0 Å². The summed E-state index contributed by atoms with van der Waals surface area (Å²) in [6.45, 7) is 22.8. The third-order valence-corrected chi connectivity index (χ3v) is 12.1. The van der Waals surface area contributed by atoms with Crippen LogP contribution in [0.1, 0.15) is 46.0 Å². The van der Waals surface area contributed by atoms with Gasteiger partial charge < -0.3 is 84.7 Å². The Morgan fingerprint density at radius 1 is 0.452 bits per heavy atom. The summed E-state index contributed by atoms with van der Waals surface area (Å²) in [6, 6.07) is 22.2. The lowest BCUT2D eigenvalue weighted by Crippen LogP contribution is -2.44. The lowest BCUT2D eigenvalue weighted by Gasteiger charge is -2.31. The van der Waals surface area contributed by atoms with Gasteiger partial charge in [0.1, 0.15) is 0 Å². The van der Waals surface area contributed by atoms with Crippen LogP contribution < -0.4 is 21.2 Å². The van der Waals surface area contributed by atoms with Crippen LogP contribution in [0, 0.1) is 5.41 Å². The molecule has 8 saturated heterocycles. The molecular weight excluding hydrogens is 959 g/mol. The minimum absolute atomic E-state index is 0.00183. The van der Waals surface area contributed by atoms with Crippen LogP contribution in [-0.2, 0) is 74.5 Å². The normalized spacial score (nSPS) is 22.2. The van der Waals surface area contributed by atoms with E-state index in [9.17, 15) is 0 Å². The van der Waals surface area contributed by atoms with Crippen molar-refractivity contribution in [1.29, 1.82) is 0 Å². The summed E-state index contributed by atoms with van der Waals surface area (Å²) in [6.07, 6.45) is 4.49. The van der Waals surface area contributed by atoms with E-state index in [4.69, 9.17) is 84.7 Å². The fraction of sp³-hybridized carbons (Fsp3) is 0.652. The van der Waals surface area contributed by atoms with Gasteiger partial charge in [0.15, 0.2) is 0 Å². The highest BCUT2D eigenvalue weighted by atomic mass is 32.1. The Bertz CT molecular complexity index is 1730. The summed E-state index contributed by atoms with van der Waals surface area (Å²) in [5, 5.41) is 19.3. The molecule has 0 radical (unpaired) electrons. The molecule has 8 aliphatic rings. The summed E-state index contributed by atoms with van der Waals surface area (Å²) in [4.78, 5) is 0. The number of benzene rings is 2. The summed E-state index contributed by atoms with van der Waals surface area (Å²) in [5.74, 6) is 0. The molecule has 0 spiro atoms. The second-order valence-corrected chi connectivity index (χ2v) is 19.5. The van der Waals surface area contributed by atoms with E-state index in [1.165, 1.54) is 4.78 Å². The molecule has 11 rings (SSSR count). The number of aliphatic hydroxyl groups excluding tert-OH is 2. The molecule has 0 bridgehead atoms. The van der Waals surface area contributed by atoms with E-state index in [-0.39, 0.29) is 75.1 Å². The highest BCUT2D eigenvalue weighted by molar-refractivity contribution is 7.20. The van der Waals surface area contributed by atoms with Crippen LogP contribution in [0.25, 0.3) is 0 Å².